The molecule has 0 rings (SSSR count). The Kier molecular flexibility index (Phi) is 45.7. The number of hydrogen-bond donors (Lipinski definition) is 0. The van der Waals surface area contributed by atoms with Gasteiger partial charge in [0, 0.05) is 12.8 Å². The summed E-state index contributed by atoms with van der Waals surface area (Å²) in [7, 11) is 0. The second-order valence-corrected chi connectivity index (χ2v) is 18.0. The summed E-state index contributed by atoms with van der Waals surface area (Å²) < 4.78 is 11.9. The second-order valence-electron chi connectivity index (χ2n) is 18.0. The second kappa shape index (κ2) is 46.6. The van der Waals surface area contributed by atoms with Gasteiger partial charge in [-0.15, -0.1) is 0 Å². The van der Waals surface area contributed by atoms with E-state index in [1.54, 1.807) is 0 Å². The summed E-state index contributed by atoms with van der Waals surface area (Å²) in [6.07, 6.45) is 53.6. The third-order valence-corrected chi connectivity index (χ3v) is 12.2. The molecule has 0 heterocycles. The van der Waals surface area contributed by atoms with Crippen LogP contribution < -0.4 is 0 Å². The summed E-state index contributed by atoms with van der Waals surface area (Å²) in [6.45, 7) is 9.73. The van der Waals surface area contributed by atoms with Crippen LogP contribution in [-0.2, 0) is 19.1 Å². The highest BCUT2D eigenvalue weighted by atomic mass is 16.5. The van der Waals surface area contributed by atoms with Gasteiger partial charge in [-0.3, -0.25) is 9.59 Å². The van der Waals surface area contributed by atoms with Crippen molar-refractivity contribution in [2.75, 3.05) is 6.61 Å². The third-order valence-electron chi connectivity index (χ3n) is 12.2. The Morgan fingerprint density at radius 1 is 0.321 bits per heavy atom. The predicted octanol–water partition coefficient (Wildman–Crippen LogP) is 17.9. The van der Waals surface area contributed by atoms with E-state index in [9.17, 15) is 9.59 Å². The van der Waals surface area contributed by atoms with Gasteiger partial charge in [0.25, 0.3) is 0 Å². The summed E-state index contributed by atoms with van der Waals surface area (Å²) in [4.78, 5) is 25.2. The largest absolute Gasteiger partial charge is 0.465 e. The molecule has 0 spiro atoms. The first-order chi connectivity index (χ1) is 27.6. The summed E-state index contributed by atoms with van der Waals surface area (Å²) >= 11 is 0. The highest BCUT2D eigenvalue weighted by molar-refractivity contribution is 5.69. The fourth-order valence-electron chi connectivity index (χ4n) is 8.32. The van der Waals surface area contributed by atoms with Crippen LogP contribution in [-0.4, -0.2) is 24.6 Å². The summed E-state index contributed by atoms with van der Waals surface area (Å²) in [5.74, 6) is 0.611. The van der Waals surface area contributed by atoms with E-state index in [1.807, 2.05) is 0 Å². The van der Waals surface area contributed by atoms with Crippen molar-refractivity contribution < 1.29 is 19.1 Å². The quantitative estimate of drug-likeness (QED) is 0.0455. The summed E-state index contributed by atoms with van der Waals surface area (Å²) in [5, 5.41) is 0. The van der Waals surface area contributed by atoms with E-state index in [4.69, 9.17) is 9.47 Å². The average molecular weight is 791 g/mol. The topological polar surface area (TPSA) is 52.6 Å². The lowest BCUT2D eigenvalue weighted by Crippen LogP contribution is -2.18. The molecule has 0 aromatic rings. The maximum Gasteiger partial charge on any atom is 0.306 e. The van der Waals surface area contributed by atoms with Crippen LogP contribution in [0, 0.1) is 5.92 Å². The smallest absolute Gasteiger partial charge is 0.306 e. The Morgan fingerprint density at radius 3 is 0.946 bits per heavy atom. The van der Waals surface area contributed by atoms with Crippen molar-refractivity contribution in [3.05, 3.63) is 0 Å². The number of carbonyl (C=O) groups excluding carboxylic acids is 2. The first-order valence-electron chi connectivity index (χ1n) is 25.9. The number of hydrogen-bond acceptors (Lipinski definition) is 4. The molecule has 4 heteroatoms. The zero-order chi connectivity index (χ0) is 40.8. The molecule has 0 saturated carbocycles. The lowest BCUT2D eigenvalue weighted by molar-refractivity contribution is -0.150. The molecule has 334 valence electrons. The van der Waals surface area contributed by atoms with Crippen LogP contribution in [0.1, 0.15) is 304 Å². The molecule has 0 aliphatic rings. The van der Waals surface area contributed by atoms with Gasteiger partial charge in [0.1, 0.15) is 6.10 Å². The first-order valence-corrected chi connectivity index (χ1v) is 25.9. The molecule has 4 nitrogen and oxygen atoms in total. The van der Waals surface area contributed by atoms with E-state index in [-0.39, 0.29) is 18.0 Å². The van der Waals surface area contributed by atoms with Crippen LogP contribution in [0.3, 0.4) is 0 Å². The molecular formula is C52H102O4. The van der Waals surface area contributed by atoms with E-state index in [0.717, 1.165) is 44.9 Å². The summed E-state index contributed by atoms with van der Waals surface area (Å²) in [6, 6.07) is 0. The molecular weight excluding hydrogens is 689 g/mol. The zero-order valence-electron chi connectivity index (χ0n) is 38.9. The number of esters is 2. The van der Waals surface area contributed by atoms with E-state index in [2.05, 4.69) is 27.7 Å². The molecule has 0 saturated heterocycles. The molecule has 0 aliphatic carbocycles. The average Bonchev–Trinajstić information content (AvgIpc) is 3.20. The number of ether oxygens (including phenoxy) is 2. The fourth-order valence-corrected chi connectivity index (χ4v) is 8.32. The molecule has 0 aromatic heterocycles. The van der Waals surface area contributed by atoms with Crippen molar-refractivity contribution >= 4 is 11.9 Å². The maximum absolute atomic E-state index is 12.7. The van der Waals surface area contributed by atoms with Crippen molar-refractivity contribution in [2.24, 2.45) is 5.92 Å². The van der Waals surface area contributed by atoms with E-state index in [1.165, 1.54) is 218 Å². The molecule has 56 heavy (non-hydrogen) atoms. The monoisotopic (exact) mass is 791 g/mol. The molecule has 0 fully saturated rings. The molecule has 2 unspecified atom stereocenters. The Labute approximate surface area is 352 Å². The van der Waals surface area contributed by atoms with Gasteiger partial charge in [-0.25, -0.2) is 0 Å². The van der Waals surface area contributed by atoms with Gasteiger partial charge in [0.15, 0.2) is 0 Å². The zero-order valence-corrected chi connectivity index (χ0v) is 38.9. The third kappa shape index (κ3) is 42.5. The number of carbonyl (C=O) groups is 2. The highest BCUT2D eigenvalue weighted by Gasteiger charge is 2.15. The van der Waals surface area contributed by atoms with Crippen LogP contribution in [0.2, 0.25) is 0 Å². The van der Waals surface area contributed by atoms with Gasteiger partial charge >= 0.3 is 11.9 Å². The van der Waals surface area contributed by atoms with Crippen LogP contribution >= 0.6 is 0 Å². The molecule has 0 N–H and O–H groups in total. The van der Waals surface area contributed by atoms with Crippen molar-refractivity contribution in [1.29, 1.82) is 0 Å². The Balaban J connectivity index is 4.00. The number of unbranched alkanes of at least 4 members (excludes halogenated alkanes) is 32. The van der Waals surface area contributed by atoms with Gasteiger partial charge in [-0.2, -0.15) is 0 Å². The number of rotatable bonds is 47. The minimum absolute atomic E-state index is 0.0197. The standard InChI is InChI=1S/C52H102O4/c1-5-9-13-17-19-20-21-22-23-24-25-26-31-35-41-47-52(54)56-50(44-38-16-12-8-4)45-39-33-29-27-28-30-34-40-46-51(53)55-48-49(42-36-15-11-7-3)43-37-32-18-14-10-6-2/h49-50H,5-48H2,1-4H3. The normalized spacial score (nSPS) is 12.6. The van der Waals surface area contributed by atoms with Crippen molar-refractivity contribution in [1.82, 2.24) is 0 Å². The maximum atomic E-state index is 12.7. The van der Waals surface area contributed by atoms with Crippen LogP contribution in [0.4, 0.5) is 0 Å². The Bertz CT molecular complexity index is 781. The minimum Gasteiger partial charge on any atom is -0.465 e. The molecule has 0 radical (unpaired) electrons. The van der Waals surface area contributed by atoms with E-state index >= 15 is 0 Å². The SMILES string of the molecule is CCCCCCCCCCCCCCCCCC(=O)OC(CCCCCC)CCCCCCCCCCC(=O)OCC(CCCCCC)CCCCCCCC. The van der Waals surface area contributed by atoms with Crippen molar-refractivity contribution in [3.8, 4) is 0 Å². The fraction of sp³-hybridized carbons (Fsp3) is 0.962. The van der Waals surface area contributed by atoms with Crippen molar-refractivity contribution in [2.45, 2.75) is 310 Å². The van der Waals surface area contributed by atoms with Crippen molar-refractivity contribution in [3.63, 3.8) is 0 Å². The van der Waals surface area contributed by atoms with Gasteiger partial charge in [0.2, 0.25) is 0 Å². The van der Waals surface area contributed by atoms with Gasteiger partial charge < -0.3 is 9.47 Å². The highest BCUT2D eigenvalue weighted by Crippen LogP contribution is 2.21. The lowest BCUT2D eigenvalue weighted by Gasteiger charge is -2.18. The minimum atomic E-state index is 0.0197. The molecule has 0 aliphatic heterocycles. The lowest BCUT2D eigenvalue weighted by atomic mass is 9.95. The summed E-state index contributed by atoms with van der Waals surface area (Å²) in [5.41, 5.74) is 0. The van der Waals surface area contributed by atoms with Crippen LogP contribution in [0.15, 0.2) is 0 Å². The molecule has 0 amide bonds. The molecule has 0 aromatic carbocycles. The Hall–Kier alpha value is -1.06. The van der Waals surface area contributed by atoms with E-state index < -0.39 is 0 Å². The first kappa shape index (κ1) is 54.9. The van der Waals surface area contributed by atoms with E-state index in [0.29, 0.717) is 25.4 Å². The molecule has 0 bridgehead atoms. The van der Waals surface area contributed by atoms with Gasteiger partial charge in [0.05, 0.1) is 6.61 Å². The molecule has 2 atom stereocenters. The van der Waals surface area contributed by atoms with Crippen LogP contribution in [0.5, 0.6) is 0 Å². The Morgan fingerprint density at radius 2 is 0.589 bits per heavy atom. The van der Waals surface area contributed by atoms with Gasteiger partial charge in [-0.05, 0) is 57.3 Å². The predicted molar refractivity (Wildman–Crippen MR) is 246 cm³/mol. The van der Waals surface area contributed by atoms with Gasteiger partial charge in [-0.1, -0.05) is 240 Å². The van der Waals surface area contributed by atoms with Crippen LogP contribution in [0.25, 0.3) is 0 Å².